The topological polar surface area (TPSA) is 39.2 Å². The van der Waals surface area contributed by atoms with Crippen molar-refractivity contribution in [2.45, 2.75) is 25.7 Å². The van der Waals surface area contributed by atoms with E-state index in [1.54, 1.807) is 13.2 Å². The molecule has 16 heavy (non-hydrogen) atoms. The van der Waals surface area contributed by atoms with Crippen molar-refractivity contribution in [2.24, 2.45) is 0 Å². The van der Waals surface area contributed by atoms with Crippen molar-refractivity contribution >= 4 is 5.78 Å². The van der Waals surface area contributed by atoms with E-state index in [0.29, 0.717) is 12.3 Å². The second-order valence-corrected chi connectivity index (χ2v) is 3.97. The van der Waals surface area contributed by atoms with Gasteiger partial charge < -0.3 is 4.74 Å². The van der Waals surface area contributed by atoms with Crippen LogP contribution in [0.2, 0.25) is 0 Å². The Kier molecular flexibility index (Phi) is 3.34. The Morgan fingerprint density at radius 3 is 3.00 bits per heavy atom. The molecule has 0 fully saturated rings. The summed E-state index contributed by atoms with van der Waals surface area (Å²) in [6.07, 6.45) is 5.18. The van der Waals surface area contributed by atoms with Crippen LogP contribution >= 0.6 is 0 Å². The number of allylic oxidation sites excluding steroid dienone is 2. The number of carbonyl (C=O) groups excluding carboxylic acids is 1. The van der Waals surface area contributed by atoms with Crippen molar-refractivity contribution < 1.29 is 9.53 Å². The van der Waals surface area contributed by atoms with Crippen LogP contribution in [-0.4, -0.2) is 17.9 Å². The molecule has 0 atom stereocenters. The number of rotatable bonds is 3. The maximum atomic E-state index is 11.3. The van der Waals surface area contributed by atoms with Gasteiger partial charge in [0.2, 0.25) is 5.88 Å². The second-order valence-electron chi connectivity index (χ2n) is 3.97. The molecule has 0 N–H and O–H groups in total. The van der Waals surface area contributed by atoms with E-state index in [-0.39, 0.29) is 5.78 Å². The Bertz CT molecular complexity index is 424. The van der Waals surface area contributed by atoms with Gasteiger partial charge in [-0.25, -0.2) is 4.98 Å². The molecule has 0 aromatic carbocycles. The first-order valence-corrected chi connectivity index (χ1v) is 5.50. The Hall–Kier alpha value is -1.64. The van der Waals surface area contributed by atoms with E-state index in [1.807, 2.05) is 18.2 Å². The molecular formula is C13H15NO2. The minimum Gasteiger partial charge on any atom is -0.481 e. The summed E-state index contributed by atoms with van der Waals surface area (Å²) in [6, 6.07) is 5.71. The van der Waals surface area contributed by atoms with Crippen LogP contribution in [-0.2, 0) is 11.2 Å². The zero-order valence-electron chi connectivity index (χ0n) is 9.40. The summed E-state index contributed by atoms with van der Waals surface area (Å²) in [5.74, 6) is 0.865. The molecule has 0 spiro atoms. The highest BCUT2D eigenvalue weighted by Gasteiger charge is 2.10. The molecule has 3 heteroatoms. The minimum absolute atomic E-state index is 0.240. The first kappa shape index (κ1) is 10.9. The van der Waals surface area contributed by atoms with Crippen LogP contribution in [0.25, 0.3) is 0 Å². The lowest BCUT2D eigenvalue weighted by atomic mass is 9.95. The van der Waals surface area contributed by atoms with Gasteiger partial charge in [-0.3, -0.25) is 4.79 Å². The fourth-order valence-electron chi connectivity index (χ4n) is 1.90. The van der Waals surface area contributed by atoms with Crippen molar-refractivity contribution in [3.05, 3.63) is 35.5 Å². The van der Waals surface area contributed by atoms with E-state index >= 15 is 0 Å². The van der Waals surface area contributed by atoms with E-state index in [1.165, 1.54) is 5.57 Å². The maximum Gasteiger partial charge on any atom is 0.213 e. The summed E-state index contributed by atoms with van der Waals surface area (Å²) in [5, 5.41) is 0. The van der Waals surface area contributed by atoms with E-state index in [2.05, 4.69) is 4.98 Å². The molecule has 3 nitrogen and oxygen atoms in total. The molecule has 2 rings (SSSR count). The second kappa shape index (κ2) is 4.92. The molecule has 0 amide bonds. The number of ketones is 1. The first-order chi connectivity index (χ1) is 7.78. The molecule has 1 aliphatic rings. The normalized spacial score (nSPS) is 15.8. The highest BCUT2D eigenvalue weighted by Crippen LogP contribution is 2.19. The number of nitrogens with zero attached hydrogens (tertiary/aromatic N) is 1. The van der Waals surface area contributed by atoms with Crippen molar-refractivity contribution in [3.8, 4) is 5.88 Å². The average Bonchev–Trinajstić information content (AvgIpc) is 2.29. The Labute approximate surface area is 95.2 Å². The molecule has 0 saturated heterocycles. The van der Waals surface area contributed by atoms with Gasteiger partial charge in [0.1, 0.15) is 0 Å². The van der Waals surface area contributed by atoms with Gasteiger partial charge in [0.25, 0.3) is 0 Å². The van der Waals surface area contributed by atoms with E-state index in [0.717, 1.165) is 25.0 Å². The van der Waals surface area contributed by atoms with Gasteiger partial charge in [0, 0.05) is 24.6 Å². The number of hydrogen-bond acceptors (Lipinski definition) is 3. The number of ether oxygens (including phenoxy) is 1. The van der Waals surface area contributed by atoms with Gasteiger partial charge >= 0.3 is 0 Å². The number of pyridine rings is 1. The summed E-state index contributed by atoms with van der Waals surface area (Å²) in [5.41, 5.74) is 2.14. The number of aromatic nitrogens is 1. The van der Waals surface area contributed by atoms with Crippen molar-refractivity contribution in [2.75, 3.05) is 7.11 Å². The number of carbonyl (C=O) groups is 1. The molecule has 1 aliphatic carbocycles. The predicted octanol–water partition coefficient (Wildman–Crippen LogP) is 2.31. The lowest BCUT2D eigenvalue weighted by Gasteiger charge is -2.11. The first-order valence-electron chi connectivity index (χ1n) is 5.50. The van der Waals surface area contributed by atoms with Crippen LogP contribution in [0.5, 0.6) is 5.88 Å². The summed E-state index contributed by atoms with van der Waals surface area (Å²) >= 11 is 0. The monoisotopic (exact) mass is 217 g/mol. The van der Waals surface area contributed by atoms with E-state index in [4.69, 9.17) is 4.74 Å². The van der Waals surface area contributed by atoms with Crippen LogP contribution in [0.4, 0.5) is 0 Å². The number of methoxy groups -OCH3 is 1. The Morgan fingerprint density at radius 2 is 2.25 bits per heavy atom. The Morgan fingerprint density at radius 1 is 1.38 bits per heavy atom. The zero-order valence-corrected chi connectivity index (χ0v) is 9.40. The van der Waals surface area contributed by atoms with Gasteiger partial charge in [-0.2, -0.15) is 0 Å². The molecule has 0 aliphatic heterocycles. The summed E-state index contributed by atoms with van der Waals surface area (Å²) in [4.78, 5) is 15.6. The SMILES string of the molecule is COc1cccc(CC2=CC(=O)CCC2)n1. The zero-order chi connectivity index (χ0) is 11.4. The van der Waals surface area contributed by atoms with Crippen LogP contribution < -0.4 is 4.74 Å². The molecule has 0 unspecified atom stereocenters. The molecule has 1 aromatic heterocycles. The number of hydrogen-bond donors (Lipinski definition) is 0. The highest BCUT2D eigenvalue weighted by atomic mass is 16.5. The average molecular weight is 217 g/mol. The third-order valence-corrected chi connectivity index (χ3v) is 2.68. The van der Waals surface area contributed by atoms with Gasteiger partial charge in [-0.1, -0.05) is 11.6 Å². The predicted molar refractivity (Wildman–Crippen MR) is 61.4 cm³/mol. The standard InChI is InChI=1S/C13H15NO2/c1-16-13-7-3-5-11(14-13)8-10-4-2-6-12(15)9-10/h3,5,7,9H,2,4,6,8H2,1H3. The molecule has 0 saturated carbocycles. The molecule has 0 bridgehead atoms. The highest BCUT2D eigenvalue weighted by molar-refractivity contribution is 5.91. The lowest BCUT2D eigenvalue weighted by Crippen LogP contribution is -2.05. The summed E-state index contributed by atoms with van der Waals surface area (Å²) < 4.78 is 5.07. The van der Waals surface area contributed by atoms with Gasteiger partial charge in [0.15, 0.2) is 5.78 Å². The van der Waals surface area contributed by atoms with Crippen molar-refractivity contribution in [3.63, 3.8) is 0 Å². The fourth-order valence-corrected chi connectivity index (χ4v) is 1.90. The molecule has 1 heterocycles. The quantitative estimate of drug-likeness (QED) is 0.780. The van der Waals surface area contributed by atoms with Gasteiger partial charge in [0.05, 0.1) is 7.11 Å². The summed E-state index contributed by atoms with van der Waals surface area (Å²) in [6.45, 7) is 0. The van der Waals surface area contributed by atoms with Crippen LogP contribution in [0.3, 0.4) is 0 Å². The van der Waals surface area contributed by atoms with Crippen molar-refractivity contribution in [1.82, 2.24) is 4.98 Å². The van der Waals surface area contributed by atoms with E-state index < -0.39 is 0 Å². The minimum atomic E-state index is 0.240. The maximum absolute atomic E-state index is 11.3. The lowest BCUT2D eigenvalue weighted by molar-refractivity contribution is -0.115. The van der Waals surface area contributed by atoms with Gasteiger partial charge in [-0.15, -0.1) is 0 Å². The van der Waals surface area contributed by atoms with Crippen LogP contribution in [0.1, 0.15) is 25.0 Å². The molecule has 0 radical (unpaired) electrons. The third-order valence-electron chi connectivity index (χ3n) is 2.68. The van der Waals surface area contributed by atoms with Gasteiger partial charge in [-0.05, 0) is 25.0 Å². The van der Waals surface area contributed by atoms with E-state index in [9.17, 15) is 4.79 Å². The smallest absolute Gasteiger partial charge is 0.213 e. The molecule has 84 valence electrons. The molecule has 1 aromatic rings. The van der Waals surface area contributed by atoms with Crippen LogP contribution in [0, 0.1) is 0 Å². The third kappa shape index (κ3) is 2.69. The Balaban J connectivity index is 2.11. The largest absolute Gasteiger partial charge is 0.481 e. The molecular weight excluding hydrogens is 202 g/mol. The van der Waals surface area contributed by atoms with Crippen LogP contribution in [0.15, 0.2) is 29.8 Å². The summed E-state index contributed by atoms with van der Waals surface area (Å²) in [7, 11) is 1.61. The van der Waals surface area contributed by atoms with Crippen molar-refractivity contribution in [1.29, 1.82) is 0 Å². The fraction of sp³-hybridized carbons (Fsp3) is 0.385.